The second kappa shape index (κ2) is 5.31. The minimum absolute atomic E-state index is 0.0515. The first kappa shape index (κ1) is 13.0. The lowest BCUT2D eigenvalue weighted by molar-refractivity contribution is -0.142. The number of methoxy groups -OCH3 is 2. The molecule has 1 aromatic rings. The summed E-state index contributed by atoms with van der Waals surface area (Å²) in [5.41, 5.74) is 5.91. The molecule has 1 aromatic carbocycles. The number of hydrogen-bond acceptors (Lipinski definition) is 6. The molecule has 0 radical (unpaired) electrons. The second-order valence-corrected chi connectivity index (χ2v) is 3.27. The number of nitrogens with two attached hydrogens (primary N) is 1. The van der Waals surface area contributed by atoms with E-state index < -0.39 is 18.0 Å². The van der Waals surface area contributed by atoms with E-state index in [1.807, 2.05) is 0 Å². The van der Waals surface area contributed by atoms with Gasteiger partial charge in [0.25, 0.3) is 0 Å². The highest BCUT2D eigenvalue weighted by molar-refractivity contribution is 5.93. The first-order valence-corrected chi connectivity index (χ1v) is 4.76. The maximum atomic E-state index is 11.3. The van der Waals surface area contributed by atoms with Gasteiger partial charge >= 0.3 is 11.9 Å². The lowest BCUT2D eigenvalue weighted by Crippen LogP contribution is -2.22. The summed E-state index contributed by atoms with van der Waals surface area (Å²) in [6.45, 7) is 0. The summed E-state index contributed by atoms with van der Waals surface area (Å²) < 4.78 is 8.96. The predicted molar refractivity (Wildman–Crippen MR) is 58.4 cm³/mol. The van der Waals surface area contributed by atoms with Gasteiger partial charge in [-0.25, -0.2) is 4.79 Å². The Balaban J connectivity index is 3.12. The lowest BCUT2D eigenvalue weighted by atomic mass is 10.0. The van der Waals surface area contributed by atoms with Gasteiger partial charge in [-0.05, 0) is 17.7 Å². The Labute approximate surface area is 97.9 Å². The number of benzene rings is 1. The normalized spacial score (nSPS) is 11.7. The summed E-state index contributed by atoms with van der Waals surface area (Å²) in [7, 11) is 2.40. The largest absolute Gasteiger partial charge is 0.507 e. The summed E-state index contributed by atoms with van der Waals surface area (Å²) in [5, 5.41) is 9.46. The number of phenolic OH excluding ortho intramolecular Hbond substituents is 1. The van der Waals surface area contributed by atoms with Crippen LogP contribution in [0, 0.1) is 0 Å². The van der Waals surface area contributed by atoms with Crippen LogP contribution in [0.2, 0.25) is 0 Å². The smallest absolute Gasteiger partial charge is 0.341 e. The Hall–Kier alpha value is -2.08. The van der Waals surface area contributed by atoms with Crippen molar-refractivity contribution in [3.05, 3.63) is 29.3 Å². The van der Waals surface area contributed by atoms with Gasteiger partial charge in [-0.2, -0.15) is 0 Å². The zero-order valence-electron chi connectivity index (χ0n) is 9.47. The van der Waals surface area contributed by atoms with Crippen molar-refractivity contribution < 1.29 is 24.2 Å². The molecule has 17 heavy (non-hydrogen) atoms. The maximum Gasteiger partial charge on any atom is 0.341 e. The summed E-state index contributed by atoms with van der Waals surface area (Å²) in [6.07, 6.45) is 0. The Morgan fingerprint density at radius 2 is 1.94 bits per heavy atom. The molecule has 6 nitrogen and oxygen atoms in total. The monoisotopic (exact) mass is 239 g/mol. The quantitative estimate of drug-likeness (QED) is 0.738. The zero-order valence-corrected chi connectivity index (χ0v) is 9.47. The summed E-state index contributed by atoms with van der Waals surface area (Å²) in [6, 6.07) is 2.99. The lowest BCUT2D eigenvalue weighted by Gasteiger charge is -2.11. The van der Waals surface area contributed by atoms with E-state index in [4.69, 9.17) is 5.73 Å². The van der Waals surface area contributed by atoms with Gasteiger partial charge in [-0.3, -0.25) is 4.79 Å². The number of carbonyl (C=O) groups is 2. The van der Waals surface area contributed by atoms with Gasteiger partial charge < -0.3 is 20.3 Å². The molecule has 6 heteroatoms. The molecule has 1 rings (SSSR count). The van der Waals surface area contributed by atoms with E-state index in [2.05, 4.69) is 9.47 Å². The minimum Gasteiger partial charge on any atom is -0.507 e. The first-order valence-electron chi connectivity index (χ1n) is 4.76. The molecule has 0 heterocycles. The molecule has 0 spiro atoms. The van der Waals surface area contributed by atoms with E-state index in [1.165, 1.54) is 32.4 Å². The molecule has 1 atom stereocenters. The molecule has 0 aromatic heterocycles. The van der Waals surface area contributed by atoms with E-state index in [9.17, 15) is 14.7 Å². The van der Waals surface area contributed by atoms with Crippen LogP contribution < -0.4 is 5.73 Å². The maximum absolute atomic E-state index is 11.3. The topological polar surface area (TPSA) is 98.9 Å². The number of phenols is 1. The zero-order chi connectivity index (χ0) is 13.0. The van der Waals surface area contributed by atoms with Crippen molar-refractivity contribution >= 4 is 11.9 Å². The average molecular weight is 239 g/mol. The number of esters is 2. The third-order valence-electron chi connectivity index (χ3n) is 2.24. The van der Waals surface area contributed by atoms with Gasteiger partial charge in [0.05, 0.1) is 14.2 Å². The van der Waals surface area contributed by atoms with Crippen molar-refractivity contribution in [1.82, 2.24) is 0 Å². The van der Waals surface area contributed by atoms with Crippen LogP contribution in [0.3, 0.4) is 0 Å². The Kier molecular flexibility index (Phi) is 4.06. The van der Waals surface area contributed by atoms with Crippen LogP contribution in [0.5, 0.6) is 5.75 Å². The van der Waals surface area contributed by atoms with Gasteiger partial charge in [-0.15, -0.1) is 0 Å². The SMILES string of the molecule is COC(=O)c1cc(C(N)C(=O)OC)ccc1O. The molecule has 0 saturated carbocycles. The van der Waals surface area contributed by atoms with Gasteiger partial charge in [0.15, 0.2) is 0 Å². The van der Waals surface area contributed by atoms with Crippen LogP contribution in [0.4, 0.5) is 0 Å². The first-order chi connectivity index (χ1) is 8.01. The number of carbonyl (C=O) groups excluding carboxylic acids is 2. The molecule has 0 aliphatic carbocycles. The number of ether oxygens (including phenoxy) is 2. The fourth-order valence-electron chi connectivity index (χ4n) is 1.28. The Morgan fingerprint density at radius 1 is 1.29 bits per heavy atom. The molecule has 92 valence electrons. The number of rotatable bonds is 3. The second-order valence-electron chi connectivity index (χ2n) is 3.27. The molecule has 1 unspecified atom stereocenters. The van der Waals surface area contributed by atoms with Gasteiger partial charge in [-0.1, -0.05) is 6.07 Å². The van der Waals surface area contributed by atoms with Gasteiger partial charge in [0.1, 0.15) is 17.4 Å². The van der Waals surface area contributed by atoms with Crippen molar-refractivity contribution in [2.45, 2.75) is 6.04 Å². The minimum atomic E-state index is -1.01. The molecule has 0 amide bonds. The predicted octanol–water partition coefficient (Wildman–Crippen LogP) is 0.352. The van der Waals surface area contributed by atoms with Crippen LogP contribution in [0.15, 0.2) is 18.2 Å². The van der Waals surface area contributed by atoms with Crippen LogP contribution in [0.25, 0.3) is 0 Å². The summed E-state index contributed by atoms with van der Waals surface area (Å²) >= 11 is 0. The van der Waals surface area contributed by atoms with Crippen LogP contribution in [-0.2, 0) is 14.3 Å². The molecule has 0 aliphatic heterocycles. The number of aromatic hydroxyl groups is 1. The van der Waals surface area contributed by atoms with Crippen molar-refractivity contribution in [2.24, 2.45) is 5.73 Å². The number of hydrogen-bond donors (Lipinski definition) is 2. The highest BCUT2D eigenvalue weighted by atomic mass is 16.5. The Bertz CT molecular complexity index is 443. The highest BCUT2D eigenvalue weighted by Crippen LogP contribution is 2.22. The Morgan fingerprint density at radius 3 is 2.47 bits per heavy atom. The molecule has 0 fully saturated rings. The van der Waals surface area contributed by atoms with E-state index >= 15 is 0 Å². The average Bonchev–Trinajstić information content (AvgIpc) is 2.36. The molecule has 0 saturated heterocycles. The van der Waals surface area contributed by atoms with Crippen molar-refractivity contribution in [2.75, 3.05) is 14.2 Å². The van der Waals surface area contributed by atoms with E-state index in [0.717, 1.165) is 0 Å². The van der Waals surface area contributed by atoms with Gasteiger partial charge in [0, 0.05) is 0 Å². The van der Waals surface area contributed by atoms with E-state index in [1.54, 1.807) is 0 Å². The van der Waals surface area contributed by atoms with Crippen molar-refractivity contribution in [3.8, 4) is 5.75 Å². The van der Waals surface area contributed by atoms with Crippen LogP contribution in [0.1, 0.15) is 22.0 Å². The standard InChI is InChI=1S/C11H13NO5/c1-16-10(14)7-5-6(3-4-8(7)13)9(12)11(15)17-2/h3-5,9,13H,12H2,1-2H3. The summed E-state index contributed by atoms with van der Waals surface area (Å²) in [4.78, 5) is 22.5. The van der Waals surface area contributed by atoms with Gasteiger partial charge in [0.2, 0.25) is 0 Å². The fourth-order valence-corrected chi connectivity index (χ4v) is 1.28. The fraction of sp³-hybridized carbons (Fsp3) is 0.273. The third kappa shape index (κ3) is 2.73. The molecular weight excluding hydrogens is 226 g/mol. The van der Waals surface area contributed by atoms with Crippen molar-refractivity contribution in [3.63, 3.8) is 0 Å². The molecular formula is C11H13NO5. The van der Waals surface area contributed by atoms with Crippen LogP contribution in [-0.4, -0.2) is 31.3 Å². The van der Waals surface area contributed by atoms with Crippen molar-refractivity contribution in [1.29, 1.82) is 0 Å². The van der Waals surface area contributed by atoms with E-state index in [-0.39, 0.29) is 11.3 Å². The highest BCUT2D eigenvalue weighted by Gasteiger charge is 2.20. The molecule has 0 bridgehead atoms. The molecule has 0 aliphatic rings. The van der Waals surface area contributed by atoms with E-state index in [0.29, 0.717) is 5.56 Å². The molecule has 3 N–H and O–H groups in total. The third-order valence-corrected chi connectivity index (χ3v) is 2.24. The van der Waals surface area contributed by atoms with Crippen LogP contribution >= 0.6 is 0 Å². The summed E-state index contributed by atoms with van der Waals surface area (Å²) in [5.74, 6) is -1.58.